The highest BCUT2D eigenvalue weighted by Crippen LogP contribution is 2.36. The van der Waals surface area contributed by atoms with E-state index in [1.165, 1.54) is 14.2 Å². The van der Waals surface area contributed by atoms with Crippen LogP contribution in [0.15, 0.2) is 72.9 Å². The molecule has 32 heavy (non-hydrogen) atoms. The number of benzene rings is 3. The van der Waals surface area contributed by atoms with E-state index in [9.17, 15) is 4.79 Å². The monoisotopic (exact) mass is 447 g/mol. The molecule has 0 fully saturated rings. The van der Waals surface area contributed by atoms with Gasteiger partial charge >= 0.3 is 0 Å². The van der Waals surface area contributed by atoms with E-state index in [0.29, 0.717) is 33.5 Å². The predicted octanol–water partition coefficient (Wildman–Crippen LogP) is 5.77. The predicted molar refractivity (Wildman–Crippen MR) is 126 cm³/mol. The van der Waals surface area contributed by atoms with Crippen LogP contribution in [0, 0.1) is 6.92 Å². The van der Waals surface area contributed by atoms with Gasteiger partial charge in [-0.2, -0.15) is 5.10 Å². The lowest BCUT2D eigenvalue weighted by Gasteiger charge is -2.13. The second-order valence-electron chi connectivity index (χ2n) is 7.13. The van der Waals surface area contributed by atoms with Crippen LogP contribution in [-0.2, 0) is 0 Å². The van der Waals surface area contributed by atoms with Crippen molar-refractivity contribution in [3.63, 3.8) is 0 Å². The fourth-order valence-electron chi connectivity index (χ4n) is 3.44. The Morgan fingerprint density at radius 2 is 1.66 bits per heavy atom. The van der Waals surface area contributed by atoms with Crippen molar-refractivity contribution in [1.82, 2.24) is 9.78 Å². The minimum Gasteiger partial charge on any atom is -0.495 e. The summed E-state index contributed by atoms with van der Waals surface area (Å²) < 4.78 is 12.4. The molecule has 6 nitrogen and oxygen atoms in total. The van der Waals surface area contributed by atoms with E-state index in [4.69, 9.17) is 26.2 Å². The molecular formula is C25H22ClN3O3. The Hall–Kier alpha value is -3.77. The molecule has 0 aliphatic rings. The summed E-state index contributed by atoms with van der Waals surface area (Å²) in [4.78, 5) is 13.4. The van der Waals surface area contributed by atoms with E-state index in [2.05, 4.69) is 5.32 Å². The van der Waals surface area contributed by atoms with Gasteiger partial charge in [0.1, 0.15) is 17.2 Å². The largest absolute Gasteiger partial charge is 0.495 e. The summed E-state index contributed by atoms with van der Waals surface area (Å²) in [5.41, 5.74) is 4.20. The van der Waals surface area contributed by atoms with Crippen LogP contribution >= 0.6 is 11.6 Å². The molecule has 3 aromatic carbocycles. The number of para-hydroxylation sites is 1. The summed E-state index contributed by atoms with van der Waals surface area (Å²) in [6, 6.07) is 20.7. The molecule has 0 saturated carbocycles. The van der Waals surface area contributed by atoms with Gasteiger partial charge in [-0.05, 0) is 30.7 Å². The Morgan fingerprint density at radius 1 is 0.969 bits per heavy atom. The van der Waals surface area contributed by atoms with Crippen LogP contribution in [-0.4, -0.2) is 29.9 Å². The van der Waals surface area contributed by atoms with Gasteiger partial charge in [-0.3, -0.25) is 4.79 Å². The highest BCUT2D eigenvalue weighted by atomic mass is 35.5. The summed E-state index contributed by atoms with van der Waals surface area (Å²) in [7, 11) is 3.04. The fourth-order valence-corrected chi connectivity index (χ4v) is 3.68. The van der Waals surface area contributed by atoms with Crippen molar-refractivity contribution in [3.05, 3.63) is 89.1 Å². The smallest absolute Gasteiger partial charge is 0.259 e. The molecule has 162 valence electrons. The molecule has 0 saturated heterocycles. The number of hydrogen-bond acceptors (Lipinski definition) is 4. The molecule has 0 spiro atoms. The van der Waals surface area contributed by atoms with E-state index < -0.39 is 0 Å². The standard InChI is InChI=1S/C25H22ClN3O3/c1-16-9-7-8-12-18(16)24-19(15-29(28-24)17-10-5-4-6-11-17)25(30)27-21-13-20(26)22(31-2)14-23(21)32-3/h4-15H,1-3H3,(H,27,30). The number of carbonyl (C=O) groups excluding carboxylic acids is 1. The number of hydrogen-bond donors (Lipinski definition) is 1. The molecule has 1 amide bonds. The highest BCUT2D eigenvalue weighted by molar-refractivity contribution is 6.32. The number of methoxy groups -OCH3 is 2. The van der Waals surface area contributed by atoms with E-state index >= 15 is 0 Å². The van der Waals surface area contributed by atoms with Crippen molar-refractivity contribution >= 4 is 23.2 Å². The Balaban J connectivity index is 1.79. The zero-order valence-corrected chi connectivity index (χ0v) is 18.7. The quantitative estimate of drug-likeness (QED) is 0.407. The van der Waals surface area contributed by atoms with Gasteiger partial charge < -0.3 is 14.8 Å². The van der Waals surface area contributed by atoms with Crippen LogP contribution in [0.25, 0.3) is 16.9 Å². The maximum absolute atomic E-state index is 13.4. The maximum atomic E-state index is 13.4. The number of carbonyl (C=O) groups is 1. The van der Waals surface area contributed by atoms with Crippen molar-refractivity contribution in [1.29, 1.82) is 0 Å². The molecule has 1 N–H and O–H groups in total. The SMILES string of the molecule is COc1cc(OC)c(NC(=O)c2cn(-c3ccccc3)nc2-c2ccccc2C)cc1Cl. The first-order valence-electron chi connectivity index (χ1n) is 9.95. The van der Waals surface area contributed by atoms with Crippen molar-refractivity contribution in [2.24, 2.45) is 0 Å². The summed E-state index contributed by atoms with van der Waals surface area (Å²) in [6.07, 6.45) is 1.73. The molecule has 7 heteroatoms. The lowest BCUT2D eigenvalue weighted by Crippen LogP contribution is -2.13. The van der Waals surface area contributed by atoms with Crippen LogP contribution in [0.3, 0.4) is 0 Å². The maximum Gasteiger partial charge on any atom is 0.259 e. The van der Waals surface area contributed by atoms with Gasteiger partial charge in [-0.25, -0.2) is 4.68 Å². The van der Waals surface area contributed by atoms with E-state index in [-0.39, 0.29) is 5.91 Å². The Morgan fingerprint density at radius 3 is 2.34 bits per heavy atom. The third-order valence-electron chi connectivity index (χ3n) is 5.10. The van der Waals surface area contributed by atoms with Gasteiger partial charge in [-0.1, -0.05) is 54.1 Å². The van der Waals surface area contributed by atoms with E-state index in [1.54, 1.807) is 23.0 Å². The Labute approximate surface area is 191 Å². The first-order valence-corrected chi connectivity index (χ1v) is 10.3. The van der Waals surface area contributed by atoms with E-state index in [1.807, 2.05) is 61.5 Å². The molecule has 0 bridgehead atoms. The van der Waals surface area contributed by atoms with Gasteiger partial charge in [0.15, 0.2) is 0 Å². The van der Waals surface area contributed by atoms with Crippen molar-refractivity contribution in [3.8, 4) is 28.4 Å². The van der Waals surface area contributed by atoms with Crippen molar-refractivity contribution in [2.75, 3.05) is 19.5 Å². The van der Waals surface area contributed by atoms with Gasteiger partial charge in [-0.15, -0.1) is 0 Å². The first kappa shape index (κ1) is 21.5. The molecule has 0 unspecified atom stereocenters. The third-order valence-corrected chi connectivity index (χ3v) is 5.40. The zero-order chi connectivity index (χ0) is 22.7. The average Bonchev–Trinajstić information content (AvgIpc) is 3.25. The molecule has 1 heterocycles. The Bertz CT molecular complexity index is 1270. The van der Waals surface area contributed by atoms with Crippen LogP contribution in [0.4, 0.5) is 5.69 Å². The highest BCUT2D eigenvalue weighted by Gasteiger charge is 2.21. The number of aryl methyl sites for hydroxylation is 1. The van der Waals surface area contributed by atoms with Crippen LogP contribution < -0.4 is 14.8 Å². The summed E-state index contributed by atoms with van der Waals surface area (Å²) in [5.74, 6) is 0.566. The zero-order valence-electron chi connectivity index (χ0n) is 17.9. The topological polar surface area (TPSA) is 65.4 Å². The number of rotatable bonds is 6. The number of halogens is 1. The fraction of sp³-hybridized carbons (Fsp3) is 0.120. The van der Waals surface area contributed by atoms with Crippen LogP contribution in [0.2, 0.25) is 5.02 Å². The minimum absolute atomic E-state index is 0.329. The van der Waals surface area contributed by atoms with Crippen molar-refractivity contribution < 1.29 is 14.3 Å². The summed E-state index contributed by atoms with van der Waals surface area (Å²) >= 11 is 6.27. The molecular weight excluding hydrogens is 426 g/mol. The number of aromatic nitrogens is 2. The van der Waals surface area contributed by atoms with E-state index in [0.717, 1.165) is 16.8 Å². The van der Waals surface area contributed by atoms with Crippen molar-refractivity contribution in [2.45, 2.75) is 6.92 Å². The number of anilines is 1. The molecule has 4 aromatic rings. The second-order valence-corrected chi connectivity index (χ2v) is 7.53. The molecule has 0 atom stereocenters. The molecule has 0 aliphatic heterocycles. The third kappa shape index (κ3) is 4.18. The number of nitrogens with zero attached hydrogens (tertiary/aromatic N) is 2. The molecule has 4 rings (SSSR count). The second kappa shape index (κ2) is 9.16. The summed E-state index contributed by atoms with van der Waals surface area (Å²) in [5, 5.41) is 8.01. The first-order chi connectivity index (χ1) is 15.5. The van der Waals surface area contributed by atoms with Crippen LogP contribution in [0.1, 0.15) is 15.9 Å². The number of nitrogens with one attached hydrogen (secondary N) is 1. The lowest BCUT2D eigenvalue weighted by atomic mass is 10.0. The Kier molecular flexibility index (Phi) is 6.14. The average molecular weight is 448 g/mol. The number of ether oxygens (including phenoxy) is 2. The minimum atomic E-state index is -0.329. The molecule has 0 aliphatic carbocycles. The molecule has 1 aromatic heterocycles. The van der Waals surface area contributed by atoms with Gasteiger partial charge in [0.2, 0.25) is 0 Å². The van der Waals surface area contributed by atoms with Crippen LogP contribution in [0.5, 0.6) is 11.5 Å². The van der Waals surface area contributed by atoms with Gasteiger partial charge in [0, 0.05) is 17.8 Å². The number of amides is 1. The lowest BCUT2D eigenvalue weighted by molar-refractivity contribution is 0.102. The van der Waals surface area contributed by atoms with Gasteiger partial charge in [0.05, 0.1) is 36.2 Å². The summed E-state index contributed by atoms with van der Waals surface area (Å²) in [6.45, 7) is 1.99. The van der Waals surface area contributed by atoms with Gasteiger partial charge in [0.25, 0.3) is 5.91 Å². The molecule has 0 radical (unpaired) electrons. The normalized spacial score (nSPS) is 10.6.